The van der Waals surface area contributed by atoms with Crippen molar-refractivity contribution >= 4 is 0 Å². The minimum absolute atomic E-state index is 0.354. The first-order valence-electron chi connectivity index (χ1n) is 8.35. The van der Waals surface area contributed by atoms with E-state index in [9.17, 15) is 0 Å². The summed E-state index contributed by atoms with van der Waals surface area (Å²) in [6, 6.07) is 0.589. The Balaban J connectivity index is 2.50. The first kappa shape index (κ1) is 17.0. The molecule has 0 spiro atoms. The number of rotatable bonds is 8. The highest BCUT2D eigenvalue weighted by Gasteiger charge is 2.37. The highest BCUT2D eigenvalue weighted by Crippen LogP contribution is 2.38. The molecule has 1 atom stereocenters. The molecule has 1 rings (SSSR count). The van der Waals surface area contributed by atoms with Gasteiger partial charge >= 0.3 is 0 Å². The zero-order valence-electron chi connectivity index (χ0n) is 14.2. The molecule has 1 unspecified atom stereocenters. The molecule has 1 N–H and O–H groups in total. The maximum Gasteiger partial charge on any atom is 0.0102 e. The Hall–Kier alpha value is -0.0800. The van der Waals surface area contributed by atoms with Crippen LogP contribution in [0.25, 0.3) is 0 Å². The SMILES string of the molecule is CCCNC(C)C(C)(C)CN1CCC(CC)(CC)C1. The van der Waals surface area contributed by atoms with Gasteiger partial charge in [0.15, 0.2) is 0 Å². The van der Waals surface area contributed by atoms with Crippen molar-refractivity contribution < 1.29 is 0 Å². The van der Waals surface area contributed by atoms with Crippen molar-refractivity contribution in [3.8, 4) is 0 Å². The molecule has 19 heavy (non-hydrogen) atoms. The van der Waals surface area contributed by atoms with E-state index in [1.165, 1.54) is 45.3 Å². The lowest BCUT2D eigenvalue weighted by Crippen LogP contribution is -2.46. The second-order valence-electron chi connectivity index (χ2n) is 7.33. The summed E-state index contributed by atoms with van der Waals surface area (Å²) in [7, 11) is 0. The van der Waals surface area contributed by atoms with Gasteiger partial charge in [-0.3, -0.25) is 0 Å². The summed E-state index contributed by atoms with van der Waals surface area (Å²) in [5.41, 5.74) is 0.961. The molecule has 0 amide bonds. The van der Waals surface area contributed by atoms with Crippen LogP contribution in [0.1, 0.15) is 67.2 Å². The molecule has 1 fully saturated rings. The molecule has 0 aromatic rings. The Kier molecular flexibility index (Phi) is 6.32. The van der Waals surface area contributed by atoms with Crippen LogP contribution in [0.5, 0.6) is 0 Å². The maximum absolute atomic E-state index is 3.67. The van der Waals surface area contributed by atoms with Crippen molar-refractivity contribution in [2.24, 2.45) is 10.8 Å². The molecule has 2 nitrogen and oxygen atoms in total. The van der Waals surface area contributed by atoms with Crippen LogP contribution in [-0.4, -0.2) is 37.1 Å². The lowest BCUT2D eigenvalue weighted by Gasteiger charge is -2.37. The summed E-state index contributed by atoms with van der Waals surface area (Å²) in [5, 5.41) is 3.67. The third kappa shape index (κ3) is 4.46. The van der Waals surface area contributed by atoms with Crippen molar-refractivity contribution in [1.29, 1.82) is 0 Å². The van der Waals surface area contributed by atoms with Gasteiger partial charge in [0.2, 0.25) is 0 Å². The standard InChI is InChI=1S/C17H36N2/c1-7-11-18-15(4)16(5,6)13-19-12-10-17(8-2,9-3)14-19/h15,18H,7-14H2,1-6H3. The monoisotopic (exact) mass is 268 g/mol. The van der Waals surface area contributed by atoms with Crippen molar-refractivity contribution in [2.75, 3.05) is 26.2 Å². The molecule has 0 saturated carbocycles. The van der Waals surface area contributed by atoms with Gasteiger partial charge in [0.1, 0.15) is 0 Å². The minimum atomic E-state index is 0.354. The second-order valence-corrected chi connectivity index (χ2v) is 7.33. The first-order chi connectivity index (χ1) is 8.89. The zero-order valence-corrected chi connectivity index (χ0v) is 14.2. The minimum Gasteiger partial charge on any atom is -0.314 e. The normalized spacial score (nSPS) is 21.8. The predicted molar refractivity (Wildman–Crippen MR) is 85.6 cm³/mol. The van der Waals surface area contributed by atoms with E-state index in [-0.39, 0.29) is 0 Å². The van der Waals surface area contributed by atoms with Gasteiger partial charge in [-0.15, -0.1) is 0 Å². The Morgan fingerprint density at radius 3 is 2.32 bits per heavy atom. The van der Waals surface area contributed by atoms with Crippen molar-refractivity contribution in [2.45, 2.75) is 73.3 Å². The van der Waals surface area contributed by atoms with E-state index in [4.69, 9.17) is 0 Å². The molecule has 0 aromatic heterocycles. The largest absolute Gasteiger partial charge is 0.314 e. The Morgan fingerprint density at radius 2 is 1.84 bits per heavy atom. The van der Waals surface area contributed by atoms with Gasteiger partial charge in [-0.05, 0) is 56.5 Å². The molecule has 114 valence electrons. The maximum atomic E-state index is 3.67. The number of nitrogens with zero attached hydrogens (tertiary/aromatic N) is 1. The zero-order chi connectivity index (χ0) is 14.5. The summed E-state index contributed by atoms with van der Waals surface area (Å²) >= 11 is 0. The second kappa shape index (κ2) is 7.08. The van der Waals surface area contributed by atoms with Crippen LogP contribution in [0.4, 0.5) is 0 Å². The highest BCUT2D eigenvalue weighted by atomic mass is 15.2. The van der Waals surface area contributed by atoms with E-state index in [1.54, 1.807) is 0 Å². The molecular formula is C17H36N2. The highest BCUT2D eigenvalue weighted by molar-refractivity contribution is 4.92. The van der Waals surface area contributed by atoms with Gasteiger partial charge in [0, 0.05) is 19.1 Å². The molecule has 2 heteroatoms. The molecule has 0 radical (unpaired) electrons. The predicted octanol–water partition coefficient (Wildman–Crippen LogP) is 3.91. The molecule has 1 aliphatic rings. The first-order valence-corrected chi connectivity index (χ1v) is 8.35. The smallest absolute Gasteiger partial charge is 0.0102 e. The molecular weight excluding hydrogens is 232 g/mol. The molecule has 1 heterocycles. The van der Waals surface area contributed by atoms with Crippen LogP contribution in [0.15, 0.2) is 0 Å². The summed E-state index contributed by atoms with van der Waals surface area (Å²) in [4.78, 5) is 2.71. The van der Waals surface area contributed by atoms with Crippen molar-refractivity contribution in [3.05, 3.63) is 0 Å². The van der Waals surface area contributed by atoms with Gasteiger partial charge in [0.05, 0.1) is 0 Å². The Bertz CT molecular complexity index is 256. The Morgan fingerprint density at radius 1 is 1.21 bits per heavy atom. The fourth-order valence-corrected chi connectivity index (χ4v) is 3.34. The number of nitrogens with one attached hydrogen (secondary N) is 1. The van der Waals surface area contributed by atoms with E-state index in [1.807, 2.05) is 0 Å². The van der Waals surface area contributed by atoms with E-state index in [0.717, 1.165) is 6.54 Å². The van der Waals surface area contributed by atoms with Gasteiger partial charge in [0.25, 0.3) is 0 Å². The van der Waals surface area contributed by atoms with E-state index >= 15 is 0 Å². The summed E-state index contributed by atoms with van der Waals surface area (Å²) in [6.45, 7) is 19.1. The summed E-state index contributed by atoms with van der Waals surface area (Å²) in [6.07, 6.45) is 5.29. The van der Waals surface area contributed by atoms with Crippen LogP contribution in [0.2, 0.25) is 0 Å². The topological polar surface area (TPSA) is 15.3 Å². The average molecular weight is 268 g/mol. The summed E-state index contributed by atoms with van der Waals surface area (Å²) in [5.74, 6) is 0. The Labute approximate surface area is 121 Å². The number of hydrogen-bond acceptors (Lipinski definition) is 2. The van der Waals surface area contributed by atoms with E-state index in [0.29, 0.717) is 16.9 Å². The van der Waals surface area contributed by atoms with Crippen LogP contribution in [0.3, 0.4) is 0 Å². The van der Waals surface area contributed by atoms with Crippen LogP contribution >= 0.6 is 0 Å². The molecule has 0 aliphatic carbocycles. The van der Waals surface area contributed by atoms with Crippen molar-refractivity contribution in [1.82, 2.24) is 10.2 Å². The van der Waals surface area contributed by atoms with Crippen molar-refractivity contribution in [3.63, 3.8) is 0 Å². The fraction of sp³-hybridized carbons (Fsp3) is 1.00. The van der Waals surface area contributed by atoms with Gasteiger partial charge in [-0.25, -0.2) is 0 Å². The molecule has 0 aromatic carbocycles. The van der Waals surface area contributed by atoms with Gasteiger partial charge < -0.3 is 10.2 Å². The quantitative estimate of drug-likeness (QED) is 0.718. The van der Waals surface area contributed by atoms with Gasteiger partial charge in [-0.2, -0.15) is 0 Å². The fourth-order valence-electron chi connectivity index (χ4n) is 3.34. The third-order valence-electron chi connectivity index (χ3n) is 5.52. The van der Waals surface area contributed by atoms with Gasteiger partial charge in [-0.1, -0.05) is 34.6 Å². The van der Waals surface area contributed by atoms with Crippen LogP contribution < -0.4 is 5.32 Å². The van der Waals surface area contributed by atoms with Crippen LogP contribution in [-0.2, 0) is 0 Å². The average Bonchev–Trinajstić information content (AvgIpc) is 2.79. The lowest BCUT2D eigenvalue weighted by atomic mass is 9.81. The third-order valence-corrected chi connectivity index (χ3v) is 5.52. The van der Waals surface area contributed by atoms with E-state index in [2.05, 4.69) is 51.8 Å². The molecule has 1 aliphatic heterocycles. The van der Waals surface area contributed by atoms with E-state index < -0.39 is 0 Å². The summed E-state index contributed by atoms with van der Waals surface area (Å²) < 4.78 is 0. The lowest BCUT2D eigenvalue weighted by molar-refractivity contribution is 0.146. The number of hydrogen-bond donors (Lipinski definition) is 1. The molecule has 1 saturated heterocycles. The van der Waals surface area contributed by atoms with Crippen LogP contribution in [0, 0.1) is 10.8 Å². The number of likely N-dealkylation sites (tertiary alicyclic amines) is 1. The molecule has 0 bridgehead atoms.